The van der Waals surface area contributed by atoms with Crippen molar-refractivity contribution in [2.45, 2.75) is 38.7 Å². The number of carbonyl (C=O) groups excluding carboxylic acids is 1. The largest absolute Gasteiger partial charge is 0.490 e. The van der Waals surface area contributed by atoms with E-state index in [4.69, 9.17) is 4.74 Å². The molecule has 1 N–H and O–H groups in total. The fraction of sp³-hybridized carbons (Fsp3) is 0.600. The van der Waals surface area contributed by atoms with Gasteiger partial charge in [0.05, 0.1) is 0 Å². The third kappa shape index (κ3) is 8.36. The minimum Gasteiger partial charge on any atom is -0.490 e. The van der Waals surface area contributed by atoms with Gasteiger partial charge in [0.15, 0.2) is 5.96 Å². The second-order valence-electron chi connectivity index (χ2n) is 6.83. The van der Waals surface area contributed by atoms with Gasteiger partial charge in [-0.05, 0) is 18.6 Å². The average Bonchev–Trinajstić information content (AvgIpc) is 2.66. The number of aliphatic imine (C=N–C) groups is 1. The van der Waals surface area contributed by atoms with Crippen LogP contribution in [-0.2, 0) is 4.79 Å². The normalized spacial score (nSPS) is 15.1. The number of halogens is 1. The lowest BCUT2D eigenvalue weighted by atomic mass is 10.1. The lowest BCUT2D eigenvalue weighted by Gasteiger charge is -2.34. The first-order valence-corrected chi connectivity index (χ1v) is 9.55. The maximum atomic E-state index is 11.9. The van der Waals surface area contributed by atoms with Gasteiger partial charge < -0.3 is 19.9 Å². The lowest BCUT2D eigenvalue weighted by Crippen LogP contribution is -2.48. The number of para-hydroxylation sites is 1. The second kappa shape index (κ2) is 12.8. The number of nitrogens with zero attached hydrogens (tertiary/aromatic N) is 3. The third-order valence-corrected chi connectivity index (χ3v) is 4.46. The van der Waals surface area contributed by atoms with E-state index in [1.54, 1.807) is 19.0 Å². The highest BCUT2D eigenvalue weighted by Gasteiger charge is 2.23. The number of hydrogen-bond acceptors (Lipinski definition) is 3. The van der Waals surface area contributed by atoms with Crippen LogP contribution < -0.4 is 10.1 Å². The summed E-state index contributed by atoms with van der Waals surface area (Å²) in [6, 6.07) is 9.98. The highest BCUT2D eigenvalue weighted by atomic mass is 127. The molecule has 1 aliphatic heterocycles. The molecule has 0 unspecified atom stereocenters. The van der Waals surface area contributed by atoms with Crippen molar-refractivity contribution in [2.24, 2.45) is 4.99 Å². The van der Waals surface area contributed by atoms with Gasteiger partial charge in [-0.3, -0.25) is 4.79 Å². The zero-order valence-electron chi connectivity index (χ0n) is 16.7. The summed E-state index contributed by atoms with van der Waals surface area (Å²) in [5.41, 5.74) is 0. The Morgan fingerprint density at radius 1 is 1.26 bits per heavy atom. The van der Waals surface area contributed by atoms with Crippen LogP contribution in [-0.4, -0.2) is 68.0 Å². The molecule has 1 aromatic rings. The Hall–Kier alpha value is -1.51. The molecule has 6 nitrogen and oxygen atoms in total. The Kier molecular flexibility index (Phi) is 11.2. The number of piperidine rings is 1. The van der Waals surface area contributed by atoms with Gasteiger partial charge in [-0.2, -0.15) is 0 Å². The fourth-order valence-electron chi connectivity index (χ4n) is 2.81. The van der Waals surface area contributed by atoms with Crippen molar-refractivity contribution < 1.29 is 9.53 Å². The Bertz CT molecular complexity index is 573. The van der Waals surface area contributed by atoms with Crippen LogP contribution in [0, 0.1) is 0 Å². The summed E-state index contributed by atoms with van der Waals surface area (Å²) in [7, 11) is 3.52. The molecule has 7 heteroatoms. The maximum Gasteiger partial charge on any atom is 0.243 e. The van der Waals surface area contributed by atoms with E-state index in [9.17, 15) is 4.79 Å². The zero-order valence-corrected chi connectivity index (χ0v) is 19.0. The van der Waals surface area contributed by atoms with Gasteiger partial charge in [0, 0.05) is 46.6 Å². The SMILES string of the molecule is CCCCNC(=NCC(=O)N(C)C)N1CCC(Oc2ccccc2)CC1.I. The van der Waals surface area contributed by atoms with E-state index in [1.165, 1.54) is 0 Å². The molecule has 1 fully saturated rings. The van der Waals surface area contributed by atoms with Crippen molar-refractivity contribution in [3.05, 3.63) is 30.3 Å². The predicted octanol–water partition coefficient (Wildman–Crippen LogP) is 2.98. The minimum atomic E-state index is 0. The van der Waals surface area contributed by atoms with E-state index >= 15 is 0 Å². The molecule has 1 saturated heterocycles. The number of ether oxygens (including phenoxy) is 1. The molecule has 0 saturated carbocycles. The summed E-state index contributed by atoms with van der Waals surface area (Å²) in [5, 5.41) is 3.41. The van der Waals surface area contributed by atoms with Gasteiger partial charge in [-0.25, -0.2) is 4.99 Å². The molecule has 2 rings (SSSR count). The van der Waals surface area contributed by atoms with Crippen molar-refractivity contribution in [2.75, 3.05) is 40.3 Å². The van der Waals surface area contributed by atoms with Gasteiger partial charge in [0.25, 0.3) is 0 Å². The van der Waals surface area contributed by atoms with Crippen LogP contribution in [0.3, 0.4) is 0 Å². The number of likely N-dealkylation sites (N-methyl/N-ethyl adjacent to an activating group) is 1. The first-order chi connectivity index (χ1) is 12.6. The molecule has 27 heavy (non-hydrogen) atoms. The van der Waals surface area contributed by atoms with Crippen molar-refractivity contribution >= 4 is 35.8 Å². The smallest absolute Gasteiger partial charge is 0.243 e. The second-order valence-corrected chi connectivity index (χ2v) is 6.83. The molecule has 1 heterocycles. The van der Waals surface area contributed by atoms with Crippen molar-refractivity contribution in [1.82, 2.24) is 15.1 Å². The zero-order chi connectivity index (χ0) is 18.8. The molecule has 1 amide bonds. The van der Waals surface area contributed by atoms with E-state index in [0.29, 0.717) is 0 Å². The number of rotatable bonds is 7. The number of carbonyl (C=O) groups is 1. The minimum absolute atomic E-state index is 0. The van der Waals surface area contributed by atoms with E-state index in [0.717, 1.165) is 57.0 Å². The van der Waals surface area contributed by atoms with Crippen molar-refractivity contribution in [3.8, 4) is 5.75 Å². The number of hydrogen-bond donors (Lipinski definition) is 1. The molecule has 0 radical (unpaired) electrons. The van der Waals surface area contributed by atoms with Crippen LogP contribution >= 0.6 is 24.0 Å². The van der Waals surface area contributed by atoms with Gasteiger partial charge in [0.2, 0.25) is 5.91 Å². The number of benzene rings is 1. The van der Waals surface area contributed by atoms with Gasteiger partial charge in [0.1, 0.15) is 18.4 Å². The lowest BCUT2D eigenvalue weighted by molar-refractivity contribution is -0.127. The summed E-state index contributed by atoms with van der Waals surface area (Å²) in [6.45, 7) is 4.99. The van der Waals surface area contributed by atoms with Crippen LogP contribution in [0.4, 0.5) is 0 Å². The number of likely N-dealkylation sites (tertiary alicyclic amines) is 1. The van der Waals surface area contributed by atoms with Gasteiger partial charge in [-0.15, -0.1) is 24.0 Å². The molecule has 0 spiro atoms. The molecule has 1 aliphatic rings. The van der Waals surface area contributed by atoms with E-state index < -0.39 is 0 Å². The molecule has 0 atom stereocenters. The molecular formula is C20H33IN4O2. The molecule has 0 aliphatic carbocycles. The topological polar surface area (TPSA) is 57.2 Å². The summed E-state index contributed by atoms with van der Waals surface area (Å²) < 4.78 is 6.06. The quantitative estimate of drug-likeness (QED) is 0.278. The van der Waals surface area contributed by atoms with Crippen LogP contribution in [0.5, 0.6) is 5.75 Å². The summed E-state index contributed by atoms with van der Waals surface area (Å²) in [5.74, 6) is 1.78. The summed E-state index contributed by atoms with van der Waals surface area (Å²) in [4.78, 5) is 20.2. The predicted molar refractivity (Wildman–Crippen MR) is 121 cm³/mol. The molecule has 1 aromatic carbocycles. The third-order valence-electron chi connectivity index (χ3n) is 4.46. The van der Waals surface area contributed by atoms with E-state index in [-0.39, 0.29) is 42.5 Å². The van der Waals surface area contributed by atoms with E-state index in [2.05, 4.69) is 22.1 Å². The highest BCUT2D eigenvalue weighted by Crippen LogP contribution is 2.18. The fourth-order valence-corrected chi connectivity index (χ4v) is 2.81. The van der Waals surface area contributed by atoms with Crippen LogP contribution in [0.15, 0.2) is 35.3 Å². The standard InChI is InChI=1S/C20H32N4O2.HI/c1-4-5-13-21-20(22-16-19(25)23(2)3)24-14-11-18(12-15-24)26-17-9-7-6-8-10-17;/h6-10,18H,4-5,11-16H2,1-3H3,(H,21,22);1H. The van der Waals surface area contributed by atoms with Gasteiger partial charge >= 0.3 is 0 Å². The van der Waals surface area contributed by atoms with Crippen LogP contribution in [0.1, 0.15) is 32.6 Å². The van der Waals surface area contributed by atoms with Crippen molar-refractivity contribution in [3.63, 3.8) is 0 Å². The maximum absolute atomic E-state index is 11.9. The molecule has 0 bridgehead atoms. The van der Waals surface area contributed by atoms with Crippen LogP contribution in [0.25, 0.3) is 0 Å². The van der Waals surface area contributed by atoms with E-state index in [1.807, 2.05) is 30.3 Å². The Morgan fingerprint density at radius 3 is 2.52 bits per heavy atom. The first-order valence-electron chi connectivity index (χ1n) is 9.55. The average molecular weight is 488 g/mol. The Labute approximate surface area is 180 Å². The molecule has 0 aromatic heterocycles. The van der Waals surface area contributed by atoms with Gasteiger partial charge in [-0.1, -0.05) is 31.5 Å². The highest BCUT2D eigenvalue weighted by molar-refractivity contribution is 14.0. The Morgan fingerprint density at radius 2 is 1.93 bits per heavy atom. The number of guanidine groups is 1. The van der Waals surface area contributed by atoms with Crippen molar-refractivity contribution in [1.29, 1.82) is 0 Å². The first kappa shape index (κ1) is 23.5. The van der Waals surface area contributed by atoms with Crippen LogP contribution in [0.2, 0.25) is 0 Å². The summed E-state index contributed by atoms with van der Waals surface area (Å²) >= 11 is 0. The summed E-state index contributed by atoms with van der Waals surface area (Å²) in [6.07, 6.45) is 4.35. The number of nitrogens with one attached hydrogen (secondary N) is 1. The molecular weight excluding hydrogens is 455 g/mol. The number of unbranched alkanes of at least 4 members (excludes halogenated alkanes) is 1. The molecule has 152 valence electrons. The number of amides is 1. The Balaban J connectivity index is 0.00000364. The monoisotopic (exact) mass is 488 g/mol.